The fourth-order valence-electron chi connectivity index (χ4n) is 2.83. The van der Waals surface area contributed by atoms with Crippen molar-refractivity contribution in [3.8, 4) is 0 Å². The lowest BCUT2D eigenvalue weighted by atomic mass is 9.97. The van der Waals surface area contributed by atoms with Crippen molar-refractivity contribution in [2.75, 3.05) is 26.2 Å². The van der Waals surface area contributed by atoms with Crippen LogP contribution < -0.4 is 5.32 Å². The maximum Gasteiger partial charge on any atom is 0.128 e. The third-order valence-electron chi connectivity index (χ3n) is 3.94. The number of nitrogens with one attached hydrogen (secondary N) is 1. The summed E-state index contributed by atoms with van der Waals surface area (Å²) >= 11 is 0. The maximum absolute atomic E-state index is 14.2. The van der Waals surface area contributed by atoms with E-state index in [0.29, 0.717) is 0 Å². The summed E-state index contributed by atoms with van der Waals surface area (Å²) in [5.74, 6) is -0.0420. The average Bonchev–Trinajstić information content (AvgIpc) is 2.42. The molecule has 1 aliphatic rings. The van der Waals surface area contributed by atoms with Gasteiger partial charge in [-0.2, -0.15) is 0 Å². The van der Waals surface area contributed by atoms with Crippen LogP contribution in [0.5, 0.6) is 0 Å². The number of hydrogen-bond donors (Lipinski definition) is 1. The van der Waals surface area contributed by atoms with E-state index in [0.717, 1.165) is 56.6 Å². The van der Waals surface area contributed by atoms with Crippen molar-refractivity contribution in [1.82, 2.24) is 10.2 Å². The molecule has 1 saturated heterocycles. The fraction of sp³-hybridized carbons (Fsp3) is 0.625. The van der Waals surface area contributed by atoms with Crippen LogP contribution in [0.4, 0.5) is 4.39 Å². The first-order valence-corrected chi connectivity index (χ1v) is 7.43. The van der Waals surface area contributed by atoms with Crippen LogP contribution >= 0.6 is 24.8 Å². The van der Waals surface area contributed by atoms with Gasteiger partial charge in [0.15, 0.2) is 0 Å². The van der Waals surface area contributed by atoms with Crippen LogP contribution in [-0.4, -0.2) is 31.1 Å². The van der Waals surface area contributed by atoms with Crippen molar-refractivity contribution < 1.29 is 4.39 Å². The second-order valence-corrected chi connectivity index (χ2v) is 5.47. The first-order valence-electron chi connectivity index (χ1n) is 7.43. The van der Waals surface area contributed by atoms with Gasteiger partial charge in [-0.05, 0) is 25.0 Å². The Kier molecular flexibility index (Phi) is 10.2. The molecular weight excluding hydrogens is 310 g/mol. The Hall–Kier alpha value is -0.350. The van der Waals surface area contributed by atoms with Crippen LogP contribution in [0.2, 0.25) is 0 Å². The number of unbranched alkanes of at least 4 members (excludes halogenated alkanes) is 1. The van der Waals surface area contributed by atoms with E-state index >= 15 is 0 Å². The molecule has 0 radical (unpaired) electrons. The SMILES string of the molecule is CCCC[C@H](c1ccc(C)cc1F)N1CCNCC1.Cl.Cl. The van der Waals surface area contributed by atoms with E-state index in [2.05, 4.69) is 17.1 Å². The Balaban J connectivity index is 0.00000200. The van der Waals surface area contributed by atoms with Crippen LogP contribution in [0.25, 0.3) is 0 Å². The number of hydrogen-bond acceptors (Lipinski definition) is 2. The minimum absolute atomic E-state index is 0. The maximum atomic E-state index is 14.2. The van der Waals surface area contributed by atoms with E-state index in [1.165, 1.54) is 0 Å². The van der Waals surface area contributed by atoms with Gasteiger partial charge in [-0.3, -0.25) is 4.90 Å². The molecule has 1 aliphatic heterocycles. The third-order valence-corrected chi connectivity index (χ3v) is 3.94. The molecule has 0 saturated carbocycles. The molecule has 0 amide bonds. The monoisotopic (exact) mass is 336 g/mol. The molecule has 0 aliphatic carbocycles. The summed E-state index contributed by atoms with van der Waals surface area (Å²) in [5, 5.41) is 3.37. The topological polar surface area (TPSA) is 15.3 Å². The molecule has 2 nitrogen and oxygen atoms in total. The minimum atomic E-state index is -0.0420. The highest BCUT2D eigenvalue weighted by Crippen LogP contribution is 2.29. The van der Waals surface area contributed by atoms with Gasteiger partial charge in [0.05, 0.1) is 0 Å². The Morgan fingerprint density at radius 2 is 1.90 bits per heavy atom. The Labute approximate surface area is 140 Å². The van der Waals surface area contributed by atoms with Crippen LogP contribution in [0.1, 0.15) is 43.4 Å². The lowest BCUT2D eigenvalue weighted by Gasteiger charge is -2.35. The Morgan fingerprint density at radius 3 is 2.48 bits per heavy atom. The summed E-state index contributed by atoms with van der Waals surface area (Å²) in [6, 6.07) is 5.91. The van der Waals surface area contributed by atoms with Gasteiger partial charge in [0, 0.05) is 37.8 Å². The zero-order valence-corrected chi connectivity index (χ0v) is 14.5. The van der Waals surface area contributed by atoms with Gasteiger partial charge >= 0.3 is 0 Å². The highest BCUT2D eigenvalue weighted by Gasteiger charge is 2.23. The summed E-state index contributed by atoms with van der Waals surface area (Å²) < 4.78 is 14.2. The third kappa shape index (κ3) is 5.74. The second kappa shape index (κ2) is 10.4. The summed E-state index contributed by atoms with van der Waals surface area (Å²) in [4.78, 5) is 2.43. The molecule has 0 aromatic heterocycles. The van der Waals surface area contributed by atoms with Crippen LogP contribution in [0.3, 0.4) is 0 Å². The van der Waals surface area contributed by atoms with E-state index in [1.54, 1.807) is 6.07 Å². The largest absolute Gasteiger partial charge is 0.314 e. The van der Waals surface area contributed by atoms with Crippen molar-refractivity contribution in [3.63, 3.8) is 0 Å². The van der Waals surface area contributed by atoms with E-state index in [1.807, 2.05) is 19.1 Å². The van der Waals surface area contributed by atoms with Crippen molar-refractivity contribution in [3.05, 3.63) is 35.1 Å². The predicted molar refractivity (Wildman–Crippen MR) is 92.3 cm³/mol. The van der Waals surface area contributed by atoms with E-state index in [4.69, 9.17) is 0 Å². The summed E-state index contributed by atoms with van der Waals surface area (Å²) in [7, 11) is 0. The smallest absolute Gasteiger partial charge is 0.128 e. The van der Waals surface area contributed by atoms with Gasteiger partial charge in [0.25, 0.3) is 0 Å². The number of benzene rings is 1. The molecule has 1 heterocycles. The highest BCUT2D eigenvalue weighted by atomic mass is 35.5. The lowest BCUT2D eigenvalue weighted by molar-refractivity contribution is 0.160. The van der Waals surface area contributed by atoms with E-state index in [-0.39, 0.29) is 36.7 Å². The van der Waals surface area contributed by atoms with Gasteiger partial charge in [0.2, 0.25) is 0 Å². The van der Waals surface area contributed by atoms with Crippen LogP contribution in [0, 0.1) is 12.7 Å². The summed E-state index contributed by atoms with van der Waals surface area (Å²) in [6.07, 6.45) is 3.37. The van der Waals surface area contributed by atoms with E-state index in [9.17, 15) is 4.39 Å². The molecule has 1 aromatic rings. The first-order chi connectivity index (χ1) is 9.22. The van der Waals surface area contributed by atoms with Crippen LogP contribution in [-0.2, 0) is 0 Å². The standard InChI is InChI=1S/C16H25FN2.2ClH/c1-3-4-5-16(19-10-8-18-9-11-19)14-7-6-13(2)12-15(14)17;;/h6-7,12,16,18H,3-5,8-11H2,1-2H3;2*1H/t16-;;/m1../s1. The Morgan fingerprint density at radius 1 is 1.24 bits per heavy atom. The molecule has 1 atom stereocenters. The summed E-state index contributed by atoms with van der Waals surface area (Å²) in [5.41, 5.74) is 1.87. The van der Waals surface area contributed by atoms with E-state index < -0.39 is 0 Å². The fourth-order valence-corrected chi connectivity index (χ4v) is 2.83. The zero-order chi connectivity index (χ0) is 13.7. The molecule has 1 fully saturated rings. The first kappa shape index (κ1) is 20.6. The van der Waals surface area contributed by atoms with Crippen molar-refractivity contribution in [2.24, 2.45) is 0 Å². The zero-order valence-electron chi connectivity index (χ0n) is 12.9. The Bertz CT molecular complexity index is 409. The molecule has 1 N–H and O–H groups in total. The molecule has 0 spiro atoms. The average molecular weight is 337 g/mol. The number of aryl methyl sites for hydroxylation is 1. The molecule has 2 rings (SSSR count). The molecular formula is C16H27Cl2FN2. The van der Waals surface area contributed by atoms with Crippen molar-refractivity contribution >= 4 is 24.8 Å². The van der Waals surface area contributed by atoms with Gasteiger partial charge in [-0.1, -0.05) is 31.9 Å². The van der Waals surface area contributed by atoms with Gasteiger partial charge in [-0.25, -0.2) is 4.39 Å². The van der Waals surface area contributed by atoms with Gasteiger partial charge in [0.1, 0.15) is 5.82 Å². The van der Waals surface area contributed by atoms with Gasteiger partial charge in [-0.15, -0.1) is 24.8 Å². The summed E-state index contributed by atoms with van der Waals surface area (Å²) in [6.45, 7) is 8.19. The van der Waals surface area contributed by atoms with Crippen LogP contribution in [0.15, 0.2) is 18.2 Å². The molecule has 21 heavy (non-hydrogen) atoms. The second-order valence-electron chi connectivity index (χ2n) is 5.47. The lowest BCUT2D eigenvalue weighted by Crippen LogP contribution is -2.45. The molecule has 5 heteroatoms. The number of piperazine rings is 1. The predicted octanol–water partition coefficient (Wildman–Crippen LogP) is 4.11. The van der Waals surface area contributed by atoms with Crippen molar-refractivity contribution in [1.29, 1.82) is 0 Å². The van der Waals surface area contributed by atoms with Gasteiger partial charge < -0.3 is 5.32 Å². The minimum Gasteiger partial charge on any atom is -0.314 e. The quantitative estimate of drug-likeness (QED) is 0.870. The van der Waals surface area contributed by atoms with Crippen molar-refractivity contribution in [2.45, 2.75) is 39.2 Å². The highest BCUT2D eigenvalue weighted by molar-refractivity contribution is 5.85. The number of rotatable bonds is 5. The number of halogens is 3. The molecule has 0 bridgehead atoms. The molecule has 122 valence electrons. The molecule has 0 unspecified atom stereocenters. The normalized spacial score (nSPS) is 16.7. The molecule has 1 aromatic carbocycles. The number of nitrogens with zero attached hydrogens (tertiary/aromatic N) is 1.